The molecule has 2 aliphatic rings. The molecule has 1 N–H and O–H groups in total. The highest BCUT2D eigenvalue weighted by Gasteiger charge is 2.36. The van der Waals surface area contributed by atoms with E-state index in [0.29, 0.717) is 29.0 Å². The van der Waals surface area contributed by atoms with Crippen LogP contribution in [0.3, 0.4) is 0 Å². The molecular weight excluding hydrogens is 266 g/mol. The predicted molar refractivity (Wildman–Crippen MR) is 73.2 cm³/mol. The summed E-state index contributed by atoms with van der Waals surface area (Å²) in [5.74, 6) is 1.36. The molecule has 0 bridgehead atoms. The highest BCUT2D eigenvalue weighted by molar-refractivity contribution is 6.31. The van der Waals surface area contributed by atoms with Gasteiger partial charge in [-0.25, -0.2) is 0 Å². The average Bonchev–Trinajstić information content (AvgIpc) is 2.92. The summed E-state index contributed by atoms with van der Waals surface area (Å²) < 4.78 is 0. The van der Waals surface area contributed by atoms with Crippen LogP contribution < -0.4 is 5.32 Å². The number of halogens is 1. The lowest BCUT2D eigenvalue weighted by Gasteiger charge is -2.17. The van der Waals surface area contributed by atoms with Crippen LogP contribution in [0.5, 0.6) is 0 Å². The number of benzene rings is 1. The molecule has 0 aromatic heterocycles. The summed E-state index contributed by atoms with van der Waals surface area (Å²) in [4.78, 5) is 13.0. The van der Waals surface area contributed by atoms with E-state index < -0.39 is 0 Å². The van der Waals surface area contributed by atoms with Crippen molar-refractivity contribution >= 4 is 17.3 Å². The van der Waals surface area contributed by atoms with Crippen molar-refractivity contribution in [1.29, 1.82) is 0 Å². The predicted octanol–water partition coefficient (Wildman–Crippen LogP) is 1.90. The molecule has 0 radical (unpaired) electrons. The molecule has 6 heteroatoms. The Kier molecular flexibility index (Phi) is 3.43. The van der Waals surface area contributed by atoms with E-state index in [1.54, 1.807) is 12.1 Å². The molecule has 2 aliphatic heterocycles. The van der Waals surface area contributed by atoms with Gasteiger partial charge in [-0.3, -0.25) is 15.0 Å². The number of fused-ring (bicyclic) bond motifs is 1. The summed E-state index contributed by atoms with van der Waals surface area (Å²) in [5, 5.41) is 14.9. The van der Waals surface area contributed by atoms with Gasteiger partial charge in [-0.1, -0.05) is 17.7 Å². The standard InChI is InChI=1S/C13H16ClN3O2/c14-12-2-1-3-13(17(18)19)11(12)8-16-6-9-4-15-5-10(9)7-16/h1-3,9-10,15H,4-8H2/t9-,10+. The van der Waals surface area contributed by atoms with Crippen LogP contribution in [0.15, 0.2) is 18.2 Å². The van der Waals surface area contributed by atoms with E-state index in [1.807, 2.05) is 0 Å². The fourth-order valence-corrected chi connectivity index (χ4v) is 3.41. The van der Waals surface area contributed by atoms with E-state index in [0.717, 1.165) is 26.2 Å². The van der Waals surface area contributed by atoms with Crippen LogP contribution in [0.25, 0.3) is 0 Å². The quantitative estimate of drug-likeness (QED) is 0.679. The second-order valence-corrected chi connectivity index (χ2v) is 5.77. The Morgan fingerprint density at radius 3 is 2.68 bits per heavy atom. The molecule has 3 rings (SSSR count). The number of rotatable bonds is 3. The zero-order valence-electron chi connectivity index (χ0n) is 10.5. The Balaban J connectivity index is 1.78. The van der Waals surface area contributed by atoms with E-state index in [2.05, 4.69) is 10.2 Å². The molecule has 5 nitrogen and oxygen atoms in total. The van der Waals surface area contributed by atoms with Gasteiger partial charge in [-0.15, -0.1) is 0 Å². The van der Waals surface area contributed by atoms with Gasteiger partial charge in [0.2, 0.25) is 0 Å². The number of nitrogens with one attached hydrogen (secondary N) is 1. The van der Waals surface area contributed by atoms with Crippen LogP contribution in [0.4, 0.5) is 5.69 Å². The van der Waals surface area contributed by atoms with Gasteiger partial charge in [-0.2, -0.15) is 0 Å². The van der Waals surface area contributed by atoms with Crippen molar-refractivity contribution in [3.63, 3.8) is 0 Å². The first-order valence-electron chi connectivity index (χ1n) is 6.50. The molecule has 2 fully saturated rings. The van der Waals surface area contributed by atoms with Gasteiger partial charge in [-0.05, 0) is 31.0 Å². The summed E-state index contributed by atoms with van der Waals surface area (Å²) >= 11 is 6.13. The third-order valence-electron chi connectivity index (χ3n) is 4.14. The third kappa shape index (κ3) is 2.45. The number of nitrogens with zero attached hydrogens (tertiary/aromatic N) is 2. The summed E-state index contributed by atoms with van der Waals surface area (Å²) in [6.07, 6.45) is 0. The number of hydrogen-bond acceptors (Lipinski definition) is 4. The van der Waals surface area contributed by atoms with Gasteiger partial charge in [0.1, 0.15) is 0 Å². The normalized spacial score (nSPS) is 26.6. The van der Waals surface area contributed by atoms with Crippen LogP contribution in [0.2, 0.25) is 5.02 Å². The minimum Gasteiger partial charge on any atom is -0.316 e. The van der Waals surface area contributed by atoms with Gasteiger partial charge in [0.25, 0.3) is 5.69 Å². The highest BCUT2D eigenvalue weighted by Crippen LogP contribution is 2.32. The molecule has 0 unspecified atom stereocenters. The molecular formula is C13H16ClN3O2. The Labute approximate surface area is 116 Å². The SMILES string of the molecule is O=[N+]([O-])c1cccc(Cl)c1CN1C[C@H]2CNC[C@H]2C1. The van der Waals surface area contributed by atoms with Crippen LogP contribution >= 0.6 is 11.6 Å². The van der Waals surface area contributed by atoms with E-state index in [1.165, 1.54) is 6.07 Å². The summed E-state index contributed by atoms with van der Waals surface area (Å²) in [5.41, 5.74) is 0.768. The molecule has 0 saturated carbocycles. The molecule has 2 saturated heterocycles. The van der Waals surface area contributed by atoms with Crippen LogP contribution in [-0.4, -0.2) is 36.0 Å². The van der Waals surface area contributed by atoms with Crippen molar-refractivity contribution in [3.05, 3.63) is 38.9 Å². The second-order valence-electron chi connectivity index (χ2n) is 5.37. The van der Waals surface area contributed by atoms with E-state index in [4.69, 9.17) is 11.6 Å². The monoisotopic (exact) mass is 281 g/mol. The molecule has 102 valence electrons. The minimum atomic E-state index is -0.348. The lowest BCUT2D eigenvalue weighted by molar-refractivity contribution is -0.385. The smallest absolute Gasteiger partial charge is 0.275 e. The van der Waals surface area contributed by atoms with Gasteiger partial charge in [0.05, 0.1) is 15.5 Å². The van der Waals surface area contributed by atoms with Crippen molar-refractivity contribution in [2.24, 2.45) is 11.8 Å². The molecule has 1 aromatic carbocycles. The zero-order chi connectivity index (χ0) is 13.4. The third-order valence-corrected chi connectivity index (χ3v) is 4.49. The summed E-state index contributed by atoms with van der Waals surface area (Å²) in [7, 11) is 0. The van der Waals surface area contributed by atoms with Crippen molar-refractivity contribution in [2.45, 2.75) is 6.54 Å². The van der Waals surface area contributed by atoms with E-state index in [9.17, 15) is 10.1 Å². The van der Waals surface area contributed by atoms with E-state index in [-0.39, 0.29) is 10.6 Å². The van der Waals surface area contributed by atoms with Crippen LogP contribution in [0, 0.1) is 22.0 Å². The summed E-state index contributed by atoms with van der Waals surface area (Å²) in [6.45, 7) is 4.70. The fourth-order valence-electron chi connectivity index (χ4n) is 3.18. The van der Waals surface area contributed by atoms with Crippen molar-refractivity contribution in [2.75, 3.05) is 26.2 Å². The van der Waals surface area contributed by atoms with Gasteiger partial charge < -0.3 is 5.32 Å². The first-order chi connectivity index (χ1) is 9.15. The van der Waals surface area contributed by atoms with Crippen molar-refractivity contribution in [1.82, 2.24) is 10.2 Å². The van der Waals surface area contributed by atoms with Gasteiger partial charge in [0.15, 0.2) is 0 Å². The zero-order valence-corrected chi connectivity index (χ0v) is 11.3. The Morgan fingerprint density at radius 2 is 2.05 bits per heavy atom. The number of nitro benzene ring substituents is 1. The number of likely N-dealkylation sites (tertiary alicyclic amines) is 1. The topological polar surface area (TPSA) is 58.4 Å². The number of hydrogen-bond donors (Lipinski definition) is 1. The molecule has 2 atom stereocenters. The van der Waals surface area contributed by atoms with Crippen molar-refractivity contribution < 1.29 is 4.92 Å². The maximum atomic E-state index is 11.1. The summed E-state index contributed by atoms with van der Waals surface area (Å²) in [6, 6.07) is 4.88. The van der Waals surface area contributed by atoms with Crippen LogP contribution in [0.1, 0.15) is 5.56 Å². The molecule has 0 aliphatic carbocycles. The fraction of sp³-hybridized carbons (Fsp3) is 0.538. The van der Waals surface area contributed by atoms with Crippen LogP contribution in [-0.2, 0) is 6.54 Å². The molecule has 1 aromatic rings. The Morgan fingerprint density at radius 1 is 1.37 bits per heavy atom. The lowest BCUT2D eigenvalue weighted by atomic mass is 10.0. The number of nitro groups is 1. The molecule has 2 heterocycles. The Hall–Kier alpha value is -1.17. The maximum Gasteiger partial charge on any atom is 0.275 e. The highest BCUT2D eigenvalue weighted by atomic mass is 35.5. The average molecular weight is 282 g/mol. The first kappa shape index (κ1) is 12.8. The molecule has 0 amide bonds. The second kappa shape index (κ2) is 5.07. The maximum absolute atomic E-state index is 11.1. The molecule has 19 heavy (non-hydrogen) atoms. The van der Waals surface area contributed by atoms with E-state index >= 15 is 0 Å². The Bertz CT molecular complexity index is 497. The lowest BCUT2D eigenvalue weighted by Crippen LogP contribution is -2.25. The molecule has 0 spiro atoms. The van der Waals surface area contributed by atoms with Crippen molar-refractivity contribution in [3.8, 4) is 0 Å². The largest absolute Gasteiger partial charge is 0.316 e. The minimum absolute atomic E-state index is 0.127. The van der Waals surface area contributed by atoms with Gasteiger partial charge >= 0.3 is 0 Å². The van der Waals surface area contributed by atoms with Gasteiger partial charge in [0, 0.05) is 25.7 Å². The first-order valence-corrected chi connectivity index (χ1v) is 6.88.